The molecule has 4 rings (SSSR count). The molecule has 0 spiro atoms. The zero-order valence-corrected chi connectivity index (χ0v) is 17.4. The van der Waals surface area contributed by atoms with E-state index in [1.165, 1.54) is 5.01 Å². The summed E-state index contributed by atoms with van der Waals surface area (Å²) in [6.07, 6.45) is 0. The van der Waals surface area contributed by atoms with Gasteiger partial charge in [-0.2, -0.15) is 5.11 Å². The number of carbonyl (C=O) groups excluding carboxylic acids is 3. The lowest BCUT2D eigenvalue weighted by atomic mass is 10.1. The van der Waals surface area contributed by atoms with Gasteiger partial charge in [-0.1, -0.05) is 43.1 Å². The molecule has 0 aliphatic carbocycles. The largest absolute Gasteiger partial charge is 0.324 e. The molecule has 0 aromatic heterocycles. The molecule has 2 aromatic rings. The summed E-state index contributed by atoms with van der Waals surface area (Å²) in [5.74, 6) is -1.26. The second kappa shape index (κ2) is 7.44. The predicted octanol–water partition coefficient (Wildman–Crippen LogP) is 3.14. The number of hydrogen-bond donors (Lipinski definition) is 1. The highest BCUT2D eigenvalue weighted by molar-refractivity contribution is 9.10. The molecule has 1 fully saturated rings. The van der Waals surface area contributed by atoms with Crippen LogP contribution in [0.2, 0.25) is 0 Å². The molecule has 0 bridgehead atoms. The molecule has 28 heavy (non-hydrogen) atoms. The molecule has 0 unspecified atom stereocenters. The highest BCUT2D eigenvalue weighted by atomic mass is 79.9. The van der Waals surface area contributed by atoms with Crippen LogP contribution < -0.4 is 10.2 Å². The van der Waals surface area contributed by atoms with Crippen LogP contribution in [0.1, 0.15) is 0 Å². The number of nitrogens with zero attached hydrogens (tertiary/aromatic N) is 4. The van der Waals surface area contributed by atoms with Gasteiger partial charge in [-0.25, -0.2) is 4.90 Å². The van der Waals surface area contributed by atoms with Crippen LogP contribution in [0.3, 0.4) is 0 Å². The van der Waals surface area contributed by atoms with E-state index in [2.05, 4.69) is 47.5 Å². The van der Waals surface area contributed by atoms with Crippen molar-refractivity contribution in [1.82, 2.24) is 5.01 Å². The number of imide groups is 1. The van der Waals surface area contributed by atoms with E-state index in [1.54, 1.807) is 48.5 Å². The Hall–Kier alpha value is -2.59. The Balaban J connectivity index is 1.49. The SMILES string of the molecule is O=C(CN1N=N[C@H]2C(=O)N(c3cccc(Br)c3)C(=O)[C@H]21)Nc1ccc(Br)cc1. The molecular formula is C18H13Br2N5O3. The minimum absolute atomic E-state index is 0.188. The molecule has 8 nitrogen and oxygen atoms in total. The Morgan fingerprint density at radius 1 is 1.04 bits per heavy atom. The third kappa shape index (κ3) is 3.45. The first kappa shape index (κ1) is 18.8. The van der Waals surface area contributed by atoms with Crippen LogP contribution in [-0.4, -0.2) is 41.4 Å². The fraction of sp³-hybridized carbons (Fsp3) is 0.167. The van der Waals surface area contributed by atoms with Crippen LogP contribution in [0.4, 0.5) is 11.4 Å². The van der Waals surface area contributed by atoms with E-state index in [9.17, 15) is 14.4 Å². The minimum Gasteiger partial charge on any atom is -0.324 e. The summed E-state index contributed by atoms with van der Waals surface area (Å²) in [6, 6.07) is 12.1. The Morgan fingerprint density at radius 2 is 1.79 bits per heavy atom. The number of carbonyl (C=O) groups is 3. The highest BCUT2D eigenvalue weighted by Crippen LogP contribution is 2.32. The molecule has 0 radical (unpaired) electrons. The molecule has 2 aromatic carbocycles. The molecular weight excluding hydrogens is 494 g/mol. The lowest BCUT2D eigenvalue weighted by Gasteiger charge is -2.20. The van der Waals surface area contributed by atoms with Crippen molar-refractivity contribution in [2.75, 3.05) is 16.8 Å². The first-order valence-electron chi connectivity index (χ1n) is 8.30. The lowest BCUT2D eigenvalue weighted by Crippen LogP contribution is -2.43. The van der Waals surface area contributed by atoms with Gasteiger partial charge in [0, 0.05) is 14.6 Å². The first-order valence-corrected chi connectivity index (χ1v) is 9.89. The Bertz CT molecular complexity index is 995. The lowest BCUT2D eigenvalue weighted by molar-refractivity contribution is -0.123. The molecule has 2 atom stereocenters. The van der Waals surface area contributed by atoms with Gasteiger partial charge in [0.15, 0.2) is 12.1 Å². The minimum atomic E-state index is -0.938. The summed E-state index contributed by atoms with van der Waals surface area (Å²) in [5.41, 5.74) is 1.07. The van der Waals surface area contributed by atoms with Gasteiger partial charge >= 0.3 is 0 Å². The van der Waals surface area contributed by atoms with Gasteiger partial charge in [0.25, 0.3) is 11.8 Å². The zero-order chi connectivity index (χ0) is 19.8. The fourth-order valence-corrected chi connectivity index (χ4v) is 3.76. The molecule has 1 saturated heterocycles. The van der Waals surface area contributed by atoms with Crippen LogP contribution in [0, 0.1) is 0 Å². The topological polar surface area (TPSA) is 94.4 Å². The Kier molecular flexibility index (Phi) is 4.98. The van der Waals surface area contributed by atoms with Crippen molar-refractivity contribution in [3.05, 3.63) is 57.5 Å². The third-order valence-electron chi connectivity index (χ3n) is 4.36. The van der Waals surface area contributed by atoms with Gasteiger partial charge in [0.1, 0.15) is 6.54 Å². The summed E-state index contributed by atoms with van der Waals surface area (Å²) in [7, 11) is 0. The Labute approximate surface area is 176 Å². The fourth-order valence-electron chi connectivity index (χ4n) is 3.10. The third-order valence-corrected chi connectivity index (χ3v) is 5.38. The quantitative estimate of drug-likeness (QED) is 0.644. The smallest absolute Gasteiger partial charge is 0.263 e. The van der Waals surface area contributed by atoms with Crippen molar-refractivity contribution in [2.45, 2.75) is 12.1 Å². The molecule has 142 valence electrons. The second-order valence-electron chi connectivity index (χ2n) is 6.24. The number of halogens is 2. The summed E-state index contributed by atoms with van der Waals surface area (Å²) < 4.78 is 1.64. The van der Waals surface area contributed by atoms with E-state index in [1.807, 2.05) is 0 Å². The number of fused-ring (bicyclic) bond motifs is 1. The van der Waals surface area contributed by atoms with Gasteiger partial charge < -0.3 is 5.32 Å². The maximum absolute atomic E-state index is 12.9. The Morgan fingerprint density at radius 3 is 2.50 bits per heavy atom. The van der Waals surface area contributed by atoms with E-state index in [-0.39, 0.29) is 12.5 Å². The summed E-state index contributed by atoms with van der Waals surface area (Å²) >= 11 is 6.66. The first-order chi connectivity index (χ1) is 13.4. The average molecular weight is 507 g/mol. The summed E-state index contributed by atoms with van der Waals surface area (Å²) in [4.78, 5) is 39.0. The van der Waals surface area contributed by atoms with Gasteiger partial charge in [0.05, 0.1) is 5.69 Å². The highest BCUT2D eigenvalue weighted by Gasteiger charge is 2.55. The van der Waals surface area contributed by atoms with Crippen molar-refractivity contribution in [3.8, 4) is 0 Å². The monoisotopic (exact) mass is 505 g/mol. The van der Waals surface area contributed by atoms with Crippen molar-refractivity contribution >= 4 is 61.0 Å². The number of amides is 3. The van der Waals surface area contributed by atoms with E-state index < -0.39 is 23.9 Å². The molecule has 2 aliphatic rings. The molecule has 10 heteroatoms. The van der Waals surface area contributed by atoms with Crippen molar-refractivity contribution < 1.29 is 14.4 Å². The maximum atomic E-state index is 12.9. The zero-order valence-electron chi connectivity index (χ0n) is 14.3. The van der Waals surface area contributed by atoms with Gasteiger partial charge in [-0.15, -0.1) is 0 Å². The molecule has 0 saturated carbocycles. The van der Waals surface area contributed by atoms with E-state index in [4.69, 9.17) is 0 Å². The van der Waals surface area contributed by atoms with E-state index in [0.717, 1.165) is 13.8 Å². The van der Waals surface area contributed by atoms with Crippen molar-refractivity contribution in [1.29, 1.82) is 0 Å². The van der Waals surface area contributed by atoms with Gasteiger partial charge in [-0.05, 0) is 42.5 Å². The number of rotatable bonds is 4. The van der Waals surface area contributed by atoms with Crippen LogP contribution in [-0.2, 0) is 14.4 Å². The van der Waals surface area contributed by atoms with E-state index in [0.29, 0.717) is 11.4 Å². The average Bonchev–Trinajstić information content (AvgIpc) is 3.17. The number of benzene rings is 2. The van der Waals surface area contributed by atoms with Crippen LogP contribution in [0.15, 0.2) is 67.8 Å². The molecule has 1 N–H and O–H groups in total. The summed E-state index contributed by atoms with van der Waals surface area (Å²) in [6.45, 7) is -0.188. The number of anilines is 2. The molecule has 2 heterocycles. The predicted molar refractivity (Wildman–Crippen MR) is 109 cm³/mol. The van der Waals surface area contributed by atoms with Crippen LogP contribution >= 0.6 is 31.9 Å². The van der Waals surface area contributed by atoms with Gasteiger partial charge in [-0.3, -0.25) is 19.4 Å². The normalized spacial score (nSPS) is 20.6. The summed E-state index contributed by atoms with van der Waals surface area (Å²) in [5, 5.41) is 11.8. The van der Waals surface area contributed by atoms with Crippen molar-refractivity contribution in [3.63, 3.8) is 0 Å². The maximum Gasteiger partial charge on any atom is 0.263 e. The van der Waals surface area contributed by atoms with Crippen LogP contribution in [0.5, 0.6) is 0 Å². The number of nitrogens with one attached hydrogen (secondary N) is 1. The second-order valence-corrected chi connectivity index (χ2v) is 8.07. The van der Waals surface area contributed by atoms with E-state index >= 15 is 0 Å². The standard InChI is InChI=1S/C18H13Br2N5O3/c19-10-4-6-12(7-5-10)21-14(26)9-24-16-15(22-23-24)17(27)25(18(16)28)13-3-1-2-11(20)8-13/h1-8,15-16H,9H2,(H,21,26)/t15-,16+/m1/s1. The number of hydrogen-bond acceptors (Lipinski definition) is 6. The van der Waals surface area contributed by atoms with Crippen LogP contribution in [0.25, 0.3) is 0 Å². The van der Waals surface area contributed by atoms with Crippen molar-refractivity contribution in [2.24, 2.45) is 10.3 Å². The molecule has 3 amide bonds. The molecule has 2 aliphatic heterocycles. The van der Waals surface area contributed by atoms with Gasteiger partial charge in [0.2, 0.25) is 5.91 Å².